The smallest absolute Gasteiger partial charge is 0.326 e. The number of fused-ring (bicyclic) bond motifs is 1. The van der Waals surface area contributed by atoms with Crippen LogP contribution in [0.3, 0.4) is 0 Å². The molecule has 0 saturated heterocycles. The maximum absolute atomic E-state index is 13.2. The number of carboxylic acids is 1. The second-order valence-electron chi connectivity index (χ2n) is 8.45. The lowest BCUT2D eigenvalue weighted by molar-refractivity contribution is -0.140. The average Bonchev–Trinajstić information content (AvgIpc) is 2.64. The number of pyridine rings is 1. The van der Waals surface area contributed by atoms with Gasteiger partial charge < -0.3 is 15.0 Å². The Hall–Kier alpha value is -2.20. The van der Waals surface area contributed by atoms with Gasteiger partial charge in [-0.1, -0.05) is 26.7 Å². The van der Waals surface area contributed by atoms with Gasteiger partial charge in [0.2, 0.25) is 10.0 Å². The summed E-state index contributed by atoms with van der Waals surface area (Å²) in [5.41, 5.74) is 1.28. The van der Waals surface area contributed by atoms with E-state index in [1.54, 1.807) is 24.5 Å². The van der Waals surface area contributed by atoms with Gasteiger partial charge in [0.1, 0.15) is 11.6 Å². The van der Waals surface area contributed by atoms with Crippen molar-refractivity contribution >= 4 is 21.9 Å². The maximum atomic E-state index is 13.2. The minimum Gasteiger partial charge on any atom is -0.480 e. The molecule has 1 aromatic rings. The zero-order chi connectivity index (χ0) is 23.2. The first-order valence-corrected chi connectivity index (χ1v) is 12.6. The third-order valence-corrected chi connectivity index (χ3v) is 6.22. The minimum atomic E-state index is -3.33. The number of hydrogen-bond acceptors (Lipinski definition) is 5. The van der Waals surface area contributed by atoms with Crippen molar-refractivity contribution in [1.82, 2.24) is 14.6 Å². The van der Waals surface area contributed by atoms with Crippen LogP contribution in [0, 0.1) is 5.92 Å². The molecule has 1 amide bonds. The van der Waals surface area contributed by atoms with Crippen LogP contribution in [0.25, 0.3) is 0 Å². The molecule has 0 spiro atoms. The zero-order valence-corrected chi connectivity index (χ0v) is 19.3. The number of sulfonamides is 1. The Balaban J connectivity index is 2.39. The second kappa shape index (κ2) is 10.9. The van der Waals surface area contributed by atoms with Gasteiger partial charge in [-0.15, -0.1) is 0 Å². The van der Waals surface area contributed by atoms with Gasteiger partial charge in [-0.05, 0) is 49.7 Å². The van der Waals surface area contributed by atoms with Crippen molar-refractivity contribution in [3.05, 3.63) is 33.2 Å². The van der Waals surface area contributed by atoms with Crippen molar-refractivity contribution in [2.45, 2.75) is 71.4 Å². The molecule has 174 valence electrons. The Kier molecular flexibility index (Phi) is 8.81. The molecule has 31 heavy (non-hydrogen) atoms. The average molecular weight is 456 g/mol. The molecule has 1 heterocycles. The summed E-state index contributed by atoms with van der Waals surface area (Å²) in [5, 5.41) is 11.9. The van der Waals surface area contributed by atoms with E-state index in [0.29, 0.717) is 6.42 Å². The fraction of sp³-hybridized carbons (Fsp3) is 0.667. The number of amides is 1. The molecule has 0 unspecified atom stereocenters. The van der Waals surface area contributed by atoms with Crippen molar-refractivity contribution in [3.8, 4) is 0 Å². The van der Waals surface area contributed by atoms with Crippen molar-refractivity contribution < 1.29 is 23.1 Å². The molecular weight excluding hydrogens is 422 g/mol. The van der Waals surface area contributed by atoms with E-state index >= 15 is 0 Å². The number of aromatic nitrogens is 1. The van der Waals surface area contributed by atoms with Gasteiger partial charge in [0.25, 0.3) is 11.5 Å². The molecule has 1 aliphatic rings. The molecule has 10 heteroatoms. The minimum absolute atomic E-state index is 0.0673. The van der Waals surface area contributed by atoms with Crippen LogP contribution in [0.5, 0.6) is 0 Å². The molecule has 0 aliphatic heterocycles. The van der Waals surface area contributed by atoms with Gasteiger partial charge in [-0.2, -0.15) is 0 Å². The molecule has 0 saturated carbocycles. The molecule has 0 fully saturated rings. The van der Waals surface area contributed by atoms with Gasteiger partial charge >= 0.3 is 5.97 Å². The van der Waals surface area contributed by atoms with Gasteiger partial charge in [0, 0.05) is 18.8 Å². The van der Waals surface area contributed by atoms with Gasteiger partial charge in [0.15, 0.2) is 0 Å². The van der Waals surface area contributed by atoms with E-state index in [9.17, 15) is 27.9 Å². The predicted molar refractivity (Wildman–Crippen MR) is 118 cm³/mol. The molecule has 9 nitrogen and oxygen atoms in total. The molecule has 0 aromatic carbocycles. The fourth-order valence-electron chi connectivity index (χ4n) is 3.86. The highest BCUT2D eigenvalue weighted by Gasteiger charge is 2.27. The summed E-state index contributed by atoms with van der Waals surface area (Å²) in [6.07, 6.45) is 6.97. The molecule has 1 atom stereocenters. The SMILES string of the molecule is CC(C)[C@H](NC(=O)c1cc2c(n(CCCNS(C)(=O)=O)c1=O)CCCCCC2)C(=O)O. The standard InChI is InChI=1S/C21H33N3O6S/c1-14(2)18(21(27)28)23-19(25)16-13-15-9-6-4-5-7-10-17(15)24(20(16)26)12-8-11-22-31(3,29)30/h13-14,18,22H,4-12H2,1-3H3,(H,23,25)(H,27,28)/t18-/m0/s1. The third kappa shape index (κ3) is 7.17. The van der Waals surface area contributed by atoms with E-state index in [2.05, 4.69) is 10.0 Å². The Bertz CT molecular complexity index is 968. The van der Waals surface area contributed by atoms with E-state index in [0.717, 1.165) is 56.0 Å². The van der Waals surface area contributed by atoms with Gasteiger partial charge in [-0.25, -0.2) is 17.9 Å². The second-order valence-corrected chi connectivity index (χ2v) is 10.3. The number of hydrogen-bond donors (Lipinski definition) is 3. The highest BCUT2D eigenvalue weighted by Crippen LogP contribution is 2.20. The predicted octanol–water partition coefficient (Wildman–Crippen LogP) is 1.29. The Labute approximate surface area is 183 Å². The van der Waals surface area contributed by atoms with Crippen LogP contribution in [0.2, 0.25) is 0 Å². The maximum Gasteiger partial charge on any atom is 0.326 e. The van der Waals surface area contributed by atoms with Gasteiger partial charge in [-0.3, -0.25) is 9.59 Å². The number of carboxylic acid groups (broad SMARTS) is 1. The van der Waals surface area contributed by atoms with Crippen molar-refractivity contribution in [2.75, 3.05) is 12.8 Å². The van der Waals surface area contributed by atoms with Crippen molar-refractivity contribution in [3.63, 3.8) is 0 Å². The van der Waals surface area contributed by atoms with Crippen LogP contribution in [0.15, 0.2) is 10.9 Å². The molecule has 3 N–H and O–H groups in total. The first kappa shape index (κ1) is 25.1. The van der Waals surface area contributed by atoms with Crippen LogP contribution < -0.4 is 15.6 Å². The van der Waals surface area contributed by atoms with Gasteiger partial charge in [0.05, 0.1) is 6.26 Å². The first-order valence-electron chi connectivity index (χ1n) is 10.7. The van der Waals surface area contributed by atoms with E-state index in [1.165, 1.54) is 0 Å². The molecule has 0 radical (unpaired) electrons. The Morgan fingerprint density at radius 2 is 1.81 bits per heavy atom. The van der Waals surface area contributed by atoms with E-state index in [1.807, 2.05) is 0 Å². The summed E-state index contributed by atoms with van der Waals surface area (Å²) >= 11 is 0. The summed E-state index contributed by atoms with van der Waals surface area (Å²) in [4.78, 5) is 37.5. The Morgan fingerprint density at radius 1 is 1.16 bits per heavy atom. The largest absolute Gasteiger partial charge is 0.480 e. The quantitative estimate of drug-likeness (QED) is 0.480. The molecular formula is C21H33N3O6S. The molecule has 2 rings (SSSR count). The van der Waals surface area contributed by atoms with Crippen molar-refractivity contribution in [1.29, 1.82) is 0 Å². The summed E-state index contributed by atoms with van der Waals surface area (Å²) in [5.74, 6) is -2.18. The number of nitrogens with one attached hydrogen (secondary N) is 2. The van der Waals surface area contributed by atoms with E-state index in [4.69, 9.17) is 0 Å². The number of nitrogens with zero attached hydrogens (tertiary/aromatic N) is 1. The van der Waals surface area contributed by atoms with Crippen LogP contribution >= 0.6 is 0 Å². The number of aryl methyl sites for hydroxylation is 1. The van der Waals surface area contributed by atoms with E-state index in [-0.39, 0.29) is 24.6 Å². The van der Waals surface area contributed by atoms with Crippen LogP contribution in [0.4, 0.5) is 0 Å². The fourth-order valence-corrected chi connectivity index (χ4v) is 4.38. The third-order valence-electron chi connectivity index (χ3n) is 5.49. The summed E-state index contributed by atoms with van der Waals surface area (Å²) in [6.45, 7) is 3.83. The molecule has 1 aromatic heterocycles. The van der Waals surface area contributed by atoms with Crippen LogP contribution in [0.1, 0.15) is 67.6 Å². The lowest BCUT2D eigenvalue weighted by Gasteiger charge is -2.22. The van der Waals surface area contributed by atoms with Crippen LogP contribution in [-0.4, -0.2) is 48.8 Å². The summed E-state index contributed by atoms with van der Waals surface area (Å²) < 4.78 is 26.6. The summed E-state index contributed by atoms with van der Waals surface area (Å²) in [7, 11) is -3.33. The van der Waals surface area contributed by atoms with Crippen LogP contribution in [-0.2, 0) is 34.2 Å². The monoisotopic (exact) mass is 455 g/mol. The summed E-state index contributed by atoms with van der Waals surface area (Å²) in [6, 6.07) is 0.518. The lowest BCUT2D eigenvalue weighted by Crippen LogP contribution is -2.46. The molecule has 1 aliphatic carbocycles. The molecule has 0 bridgehead atoms. The highest BCUT2D eigenvalue weighted by molar-refractivity contribution is 7.88. The van der Waals surface area contributed by atoms with E-state index < -0.39 is 33.5 Å². The van der Waals surface area contributed by atoms with Crippen molar-refractivity contribution in [2.24, 2.45) is 5.92 Å². The normalized spacial score (nSPS) is 15.6. The first-order chi connectivity index (χ1) is 14.5. The number of rotatable bonds is 9. The highest BCUT2D eigenvalue weighted by atomic mass is 32.2. The Morgan fingerprint density at radius 3 is 2.39 bits per heavy atom. The topological polar surface area (TPSA) is 135 Å². The lowest BCUT2D eigenvalue weighted by atomic mass is 9.95. The number of carbonyl (C=O) groups is 2. The number of carbonyl (C=O) groups excluding carboxylic acids is 1. The number of aliphatic carboxylic acids is 1. The zero-order valence-electron chi connectivity index (χ0n) is 18.4.